The fourth-order valence-corrected chi connectivity index (χ4v) is 4.29. The molecule has 160 valence electrons. The number of nitrogens with one attached hydrogen (secondary N) is 2. The highest BCUT2D eigenvalue weighted by molar-refractivity contribution is 7.13. The smallest absolute Gasteiger partial charge is 0.317 e. The Hall–Kier alpha value is -2.88. The van der Waals surface area contributed by atoms with Crippen LogP contribution in [-0.4, -0.2) is 53.0 Å². The molecule has 1 aromatic carbocycles. The average Bonchev–Trinajstić information content (AvgIpc) is 3.43. The molecular weight excluding hydrogens is 406 g/mol. The lowest BCUT2D eigenvalue weighted by Crippen LogP contribution is -2.46. The maximum Gasteiger partial charge on any atom is 0.317 e. The van der Waals surface area contributed by atoms with Crippen molar-refractivity contribution in [3.05, 3.63) is 28.2 Å². The summed E-state index contributed by atoms with van der Waals surface area (Å²) in [6.45, 7) is 5.58. The number of nitrogens with zero attached hydrogens (tertiary/aromatic N) is 3. The second-order valence-corrected chi connectivity index (χ2v) is 8.50. The molecule has 2 aliphatic heterocycles. The van der Waals surface area contributed by atoms with E-state index in [1.54, 1.807) is 18.2 Å². The maximum atomic E-state index is 12.5. The van der Waals surface area contributed by atoms with E-state index >= 15 is 0 Å². The van der Waals surface area contributed by atoms with Gasteiger partial charge in [-0.05, 0) is 38.3 Å². The van der Waals surface area contributed by atoms with Crippen LogP contribution in [0, 0.1) is 0 Å². The number of likely N-dealkylation sites (tertiary alicyclic amines) is 1. The first-order valence-corrected chi connectivity index (χ1v) is 10.9. The molecule has 1 saturated heterocycles. The standard InChI is InChI=1S/C20H25N5O4S/c1-3-12(2)21-20(27)25-8-6-13(7-9-25)18-23-24-19(30-18)17(26)22-14-4-5-15-16(10-14)29-11-28-15/h4-5,10,12-13H,3,6-9,11H2,1-2H3,(H,21,27)(H,22,26)/t12-/m0/s1. The maximum absolute atomic E-state index is 12.5. The van der Waals surface area contributed by atoms with Crippen LogP contribution in [0.25, 0.3) is 0 Å². The summed E-state index contributed by atoms with van der Waals surface area (Å²) >= 11 is 1.31. The molecule has 1 fully saturated rings. The van der Waals surface area contributed by atoms with Crippen LogP contribution in [0.15, 0.2) is 18.2 Å². The summed E-state index contributed by atoms with van der Waals surface area (Å²) in [5.41, 5.74) is 0.613. The van der Waals surface area contributed by atoms with E-state index in [2.05, 4.69) is 20.8 Å². The van der Waals surface area contributed by atoms with Crippen LogP contribution in [0.5, 0.6) is 11.5 Å². The summed E-state index contributed by atoms with van der Waals surface area (Å²) in [5, 5.41) is 15.3. The van der Waals surface area contributed by atoms with Gasteiger partial charge in [0.15, 0.2) is 11.5 Å². The van der Waals surface area contributed by atoms with Gasteiger partial charge in [0.1, 0.15) is 5.01 Å². The van der Waals surface area contributed by atoms with Crippen molar-refractivity contribution >= 4 is 29.0 Å². The van der Waals surface area contributed by atoms with Crippen LogP contribution < -0.4 is 20.1 Å². The zero-order valence-electron chi connectivity index (χ0n) is 17.0. The highest BCUT2D eigenvalue weighted by Gasteiger charge is 2.27. The SMILES string of the molecule is CC[C@H](C)NC(=O)N1CCC(c2nnc(C(=O)Nc3ccc4c(c3)OCO4)s2)CC1. The quantitative estimate of drug-likeness (QED) is 0.753. The number of rotatable bonds is 5. The molecule has 10 heteroatoms. The van der Waals surface area contributed by atoms with Gasteiger partial charge in [-0.1, -0.05) is 18.3 Å². The number of anilines is 1. The Morgan fingerprint density at radius 3 is 2.77 bits per heavy atom. The first kappa shape index (κ1) is 20.4. The number of hydrogen-bond acceptors (Lipinski definition) is 7. The molecule has 3 heterocycles. The topological polar surface area (TPSA) is 106 Å². The van der Waals surface area contributed by atoms with Crippen LogP contribution in [0.4, 0.5) is 10.5 Å². The number of urea groups is 1. The van der Waals surface area contributed by atoms with Crippen molar-refractivity contribution in [1.29, 1.82) is 0 Å². The van der Waals surface area contributed by atoms with Crippen LogP contribution in [-0.2, 0) is 0 Å². The molecule has 2 aliphatic rings. The van der Waals surface area contributed by atoms with E-state index in [4.69, 9.17) is 9.47 Å². The molecule has 0 saturated carbocycles. The van der Waals surface area contributed by atoms with Crippen molar-refractivity contribution in [2.75, 3.05) is 25.2 Å². The fraction of sp³-hybridized carbons (Fsp3) is 0.500. The third kappa shape index (κ3) is 4.48. The number of ether oxygens (including phenoxy) is 2. The number of aromatic nitrogens is 2. The van der Waals surface area contributed by atoms with Gasteiger partial charge >= 0.3 is 6.03 Å². The molecule has 0 aliphatic carbocycles. The third-order valence-corrected chi connectivity index (χ3v) is 6.46. The molecule has 2 aromatic rings. The Morgan fingerprint density at radius 2 is 2.00 bits per heavy atom. The molecule has 0 unspecified atom stereocenters. The highest BCUT2D eigenvalue weighted by atomic mass is 32.1. The summed E-state index contributed by atoms with van der Waals surface area (Å²) in [7, 11) is 0. The van der Waals surface area contributed by atoms with Crippen molar-refractivity contribution in [2.45, 2.75) is 45.1 Å². The van der Waals surface area contributed by atoms with Crippen molar-refractivity contribution in [3.63, 3.8) is 0 Å². The van der Waals surface area contributed by atoms with Gasteiger partial charge in [0.25, 0.3) is 5.91 Å². The van der Waals surface area contributed by atoms with Crippen molar-refractivity contribution in [2.24, 2.45) is 0 Å². The minimum Gasteiger partial charge on any atom is -0.454 e. The van der Waals surface area contributed by atoms with E-state index in [1.165, 1.54) is 11.3 Å². The van der Waals surface area contributed by atoms with E-state index < -0.39 is 0 Å². The molecule has 30 heavy (non-hydrogen) atoms. The minimum absolute atomic E-state index is 0.0103. The fourth-order valence-electron chi connectivity index (χ4n) is 3.38. The summed E-state index contributed by atoms with van der Waals surface area (Å²) in [4.78, 5) is 26.7. The predicted molar refractivity (Wildman–Crippen MR) is 112 cm³/mol. The molecule has 1 atom stereocenters. The monoisotopic (exact) mass is 431 g/mol. The van der Waals surface area contributed by atoms with Gasteiger partial charge in [-0.15, -0.1) is 10.2 Å². The van der Waals surface area contributed by atoms with Gasteiger partial charge in [0.2, 0.25) is 11.8 Å². The number of benzene rings is 1. The zero-order valence-corrected chi connectivity index (χ0v) is 17.8. The second kappa shape index (κ2) is 8.86. The van der Waals surface area contributed by atoms with Crippen molar-refractivity contribution in [1.82, 2.24) is 20.4 Å². The summed E-state index contributed by atoms with van der Waals surface area (Å²) in [6.07, 6.45) is 2.53. The number of hydrogen-bond donors (Lipinski definition) is 2. The first-order chi connectivity index (χ1) is 14.5. The van der Waals surface area contributed by atoms with Crippen molar-refractivity contribution in [3.8, 4) is 11.5 Å². The number of carbonyl (C=O) groups excluding carboxylic acids is 2. The normalized spacial score (nSPS) is 16.9. The van der Waals surface area contributed by atoms with Gasteiger partial charge < -0.3 is 25.0 Å². The molecule has 9 nitrogen and oxygen atoms in total. The first-order valence-electron chi connectivity index (χ1n) is 10.1. The zero-order chi connectivity index (χ0) is 21.1. The molecule has 4 rings (SSSR count). The minimum atomic E-state index is -0.303. The number of piperidine rings is 1. The van der Waals surface area contributed by atoms with Gasteiger partial charge in [-0.3, -0.25) is 4.79 Å². The van der Waals surface area contributed by atoms with Crippen molar-refractivity contribution < 1.29 is 19.1 Å². The Morgan fingerprint density at radius 1 is 1.23 bits per heavy atom. The van der Waals surface area contributed by atoms with Crippen LogP contribution in [0.1, 0.15) is 53.8 Å². The third-order valence-electron chi connectivity index (χ3n) is 5.38. The molecule has 3 amide bonds. The molecule has 0 radical (unpaired) electrons. The van der Waals surface area contributed by atoms with Gasteiger partial charge in [-0.25, -0.2) is 4.79 Å². The molecule has 0 bridgehead atoms. The average molecular weight is 432 g/mol. The number of amides is 3. The van der Waals surface area contributed by atoms with E-state index in [9.17, 15) is 9.59 Å². The Balaban J connectivity index is 1.32. The lowest BCUT2D eigenvalue weighted by Gasteiger charge is -2.31. The number of carbonyl (C=O) groups is 2. The predicted octanol–water partition coefficient (Wildman–Crippen LogP) is 3.21. The van der Waals surface area contributed by atoms with E-state index in [0.29, 0.717) is 35.3 Å². The lowest BCUT2D eigenvalue weighted by molar-refractivity contribution is 0.102. The van der Waals surface area contributed by atoms with E-state index in [1.807, 2.05) is 18.7 Å². The van der Waals surface area contributed by atoms with E-state index in [0.717, 1.165) is 24.3 Å². The summed E-state index contributed by atoms with van der Waals surface area (Å²) < 4.78 is 10.6. The van der Waals surface area contributed by atoms with Crippen LogP contribution >= 0.6 is 11.3 Å². The van der Waals surface area contributed by atoms with Gasteiger partial charge in [0.05, 0.1) is 0 Å². The molecular formula is C20H25N5O4S. The summed E-state index contributed by atoms with van der Waals surface area (Å²) in [5.74, 6) is 1.18. The Kier molecular flexibility index (Phi) is 6.03. The molecule has 0 spiro atoms. The molecule has 2 N–H and O–H groups in total. The summed E-state index contributed by atoms with van der Waals surface area (Å²) in [6, 6.07) is 5.40. The molecule has 1 aromatic heterocycles. The Bertz CT molecular complexity index is 926. The van der Waals surface area contributed by atoms with E-state index in [-0.39, 0.29) is 30.7 Å². The van der Waals surface area contributed by atoms with Crippen LogP contribution in [0.2, 0.25) is 0 Å². The Labute approximate surface area is 178 Å². The number of fused-ring (bicyclic) bond motifs is 1. The highest BCUT2D eigenvalue weighted by Crippen LogP contribution is 2.35. The van der Waals surface area contributed by atoms with Gasteiger partial charge in [0, 0.05) is 36.8 Å². The second-order valence-electron chi connectivity index (χ2n) is 7.49. The lowest BCUT2D eigenvalue weighted by atomic mass is 9.98. The largest absolute Gasteiger partial charge is 0.454 e. The van der Waals surface area contributed by atoms with Gasteiger partial charge in [-0.2, -0.15) is 0 Å². The van der Waals surface area contributed by atoms with Crippen LogP contribution in [0.3, 0.4) is 0 Å².